The molecule has 8 heteroatoms. The fraction of sp³-hybridized carbons (Fsp3) is 0.571. The molecule has 0 saturated carbocycles. The van der Waals surface area contributed by atoms with E-state index >= 15 is 0 Å². The highest BCUT2D eigenvalue weighted by molar-refractivity contribution is 5.81. The lowest BCUT2D eigenvalue weighted by Crippen LogP contribution is -2.47. The van der Waals surface area contributed by atoms with Crippen molar-refractivity contribution in [3.8, 4) is 5.75 Å². The lowest BCUT2D eigenvalue weighted by atomic mass is 10.1. The molecule has 1 rings (SSSR count). The fourth-order valence-electron chi connectivity index (χ4n) is 2.45. The molecule has 8 nitrogen and oxygen atoms in total. The summed E-state index contributed by atoms with van der Waals surface area (Å²) in [5.74, 6) is -0.0279. The Kier molecular flexibility index (Phi) is 10.6. The molecule has 0 fully saturated rings. The highest BCUT2D eigenvalue weighted by Crippen LogP contribution is 2.21. The van der Waals surface area contributed by atoms with Crippen molar-refractivity contribution in [1.82, 2.24) is 16.2 Å². The minimum Gasteiger partial charge on any atom is -0.476 e. The van der Waals surface area contributed by atoms with Crippen LogP contribution in [0.15, 0.2) is 24.3 Å². The number of urea groups is 1. The van der Waals surface area contributed by atoms with Gasteiger partial charge in [0, 0.05) is 13.0 Å². The van der Waals surface area contributed by atoms with Crippen molar-refractivity contribution in [2.45, 2.75) is 65.4 Å². The fourth-order valence-corrected chi connectivity index (χ4v) is 2.45. The zero-order valence-electron chi connectivity index (χ0n) is 17.8. The molecule has 0 spiro atoms. The Morgan fingerprint density at radius 1 is 1.00 bits per heavy atom. The van der Waals surface area contributed by atoms with E-state index in [4.69, 9.17) is 9.47 Å². The lowest BCUT2D eigenvalue weighted by Gasteiger charge is -2.24. The van der Waals surface area contributed by atoms with E-state index in [1.807, 2.05) is 31.2 Å². The van der Waals surface area contributed by atoms with Crippen LogP contribution < -0.4 is 20.9 Å². The quantitative estimate of drug-likeness (QED) is 0.297. The molecule has 3 N–H and O–H groups in total. The van der Waals surface area contributed by atoms with Crippen LogP contribution >= 0.6 is 0 Å². The van der Waals surface area contributed by atoms with E-state index in [0.29, 0.717) is 31.7 Å². The Hall–Kier alpha value is -2.77. The molecule has 29 heavy (non-hydrogen) atoms. The van der Waals surface area contributed by atoms with Gasteiger partial charge in [-0.15, -0.1) is 0 Å². The molecule has 1 aromatic rings. The van der Waals surface area contributed by atoms with Crippen molar-refractivity contribution in [2.24, 2.45) is 0 Å². The second-order valence-corrected chi connectivity index (χ2v) is 7.11. The van der Waals surface area contributed by atoms with E-state index in [2.05, 4.69) is 16.2 Å². The van der Waals surface area contributed by atoms with E-state index in [1.165, 1.54) is 0 Å². The second kappa shape index (κ2) is 12.6. The van der Waals surface area contributed by atoms with E-state index in [0.717, 1.165) is 24.8 Å². The van der Waals surface area contributed by atoms with Gasteiger partial charge < -0.3 is 14.8 Å². The number of hydrogen-bond acceptors (Lipinski definition) is 5. The first-order valence-corrected chi connectivity index (χ1v) is 10.1. The van der Waals surface area contributed by atoms with Crippen molar-refractivity contribution in [3.63, 3.8) is 0 Å². The predicted octanol–water partition coefficient (Wildman–Crippen LogP) is 2.86. The number of hydrogen-bond donors (Lipinski definition) is 3. The third kappa shape index (κ3) is 9.82. The average Bonchev–Trinajstić information content (AvgIpc) is 2.69. The zero-order valence-corrected chi connectivity index (χ0v) is 17.8. The van der Waals surface area contributed by atoms with Gasteiger partial charge in [0.1, 0.15) is 5.75 Å². The summed E-state index contributed by atoms with van der Waals surface area (Å²) in [6.07, 6.45) is 3.53. The van der Waals surface area contributed by atoms with Crippen LogP contribution in [-0.2, 0) is 20.7 Å². The Morgan fingerprint density at radius 2 is 1.69 bits per heavy atom. The minimum absolute atomic E-state index is 0.221. The number of esters is 1. The molecule has 0 aliphatic heterocycles. The van der Waals surface area contributed by atoms with Gasteiger partial charge in [-0.25, -0.2) is 15.0 Å². The number of amides is 3. The van der Waals surface area contributed by atoms with Crippen LogP contribution in [0.3, 0.4) is 0 Å². The Bertz CT molecular complexity index is 659. The van der Waals surface area contributed by atoms with Crippen LogP contribution in [0.4, 0.5) is 4.79 Å². The summed E-state index contributed by atoms with van der Waals surface area (Å²) < 4.78 is 10.7. The number of unbranched alkanes of at least 4 members (excludes halogenated alkanes) is 1. The maximum Gasteiger partial charge on any atom is 0.349 e. The van der Waals surface area contributed by atoms with Gasteiger partial charge in [0.05, 0.1) is 6.61 Å². The molecule has 0 atom stereocenters. The smallest absolute Gasteiger partial charge is 0.349 e. The molecule has 0 saturated heterocycles. The summed E-state index contributed by atoms with van der Waals surface area (Å²) in [5.41, 5.74) is 4.77. The summed E-state index contributed by atoms with van der Waals surface area (Å²) in [6, 6.07) is 7.12. The van der Waals surface area contributed by atoms with Crippen LogP contribution in [0.25, 0.3) is 0 Å². The van der Waals surface area contributed by atoms with Gasteiger partial charge in [-0.1, -0.05) is 19.1 Å². The monoisotopic (exact) mass is 407 g/mol. The van der Waals surface area contributed by atoms with Gasteiger partial charge in [0.2, 0.25) is 5.91 Å². The van der Waals surface area contributed by atoms with Crippen molar-refractivity contribution >= 4 is 17.9 Å². The molecular weight excluding hydrogens is 374 g/mol. The first kappa shape index (κ1) is 24.3. The Balaban J connectivity index is 2.30. The van der Waals surface area contributed by atoms with E-state index in [1.54, 1.807) is 20.8 Å². The molecule has 0 aliphatic rings. The Morgan fingerprint density at radius 3 is 2.31 bits per heavy atom. The van der Waals surface area contributed by atoms with Crippen LogP contribution in [0.5, 0.6) is 5.75 Å². The number of carbonyl (C=O) groups excluding carboxylic acids is 3. The third-order valence-corrected chi connectivity index (χ3v) is 4.03. The number of ether oxygens (including phenoxy) is 2. The molecule has 0 heterocycles. The third-order valence-electron chi connectivity index (χ3n) is 4.03. The van der Waals surface area contributed by atoms with E-state index < -0.39 is 17.6 Å². The van der Waals surface area contributed by atoms with Crippen molar-refractivity contribution in [1.29, 1.82) is 0 Å². The van der Waals surface area contributed by atoms with Crippen LogP contribution in [0, 0.1) is 0 Å². The summed E-state index contributed by atoms with van der Waals surface area (Å²) in [4.78, 5) is 34.9. The van der Waals surface area contributed by atoms with Gasteiger partial charge >= 0.3 is 12.0 Å². The topological polar surface area (TPSA) is 106 Å². The molecule has 1 aromatic carbocycles. The number of hydrazine groups is 1. The summed E-state index contributed by atoms with van der Waals surface area (Å²) in [6.45, 7) is 7.92. The standard InChI is InChI=1S/C21H33N3O5/c1-5-15-22-20(27)24-23-18(25)10-8-7-9-16-11-13-17(14-12-16)29-21(3,4)19(26)28-6-2/h11-14H,5-10,15H2,1-4H3,(H,23,25)(H2,22,24,27). The molecule has 0 radical (unpaired) electrons. The first-order chi connectivity index (χ1) is 13.8. The van der Waals surface area contributed by atoms with E-state index in [9.17, 15) is 14.4 Å². The summed E-state index contributed by atoms with van der Waals surface area (Å²) in [7, 11) is 0. The summed E-state index contributed by atoms with van der Waals surface area (Å²) >= 11 is 0. The van der Waals surface area contributed by atoms with Gasteiger partial charge in [0.25, 0.3) is 0 Å². The minimum atomic E-state index is -1.05. The predicted molar refractivity (Wildman–Crippen MR) is 110 cm³/mol. The van der Waals surface area contributed by atoms with Crippen molar-refractivity contribution < 1.29 is 23.9 Å². The average molecular weight is 408 g/mol. The second-order valence-electron chi connectivity index (χ2n) is 7.11. The number of nitrogens with one attached hydrogen (secondary N) is 3. The van der Waals surface area contributed by atoms with Gasteiger partial charge in [-0.2, -0.15) is 0 Å². The summed E-state index contributed by atoms with van der Waals surface area (Å²) in [5, 5.41) is 2.61. The number of carbonyl (C=O) groups is 3. The van der Waals surface area contributed by atoms with Crippen LogP contribution in [0.1, 0.15) is 58.9 Å². The van der Waals surface area contributed by atoms with Gasteiger partial charge in [-0.05, 0) is 64.2 Å². The Labute approximate surface area is 172 Å². The first-order valence-electron chi connectivity index (χ1n) is 10.1. The maximum atomic E-state index is 11.9. The largest absolute Gasteiger partial charge is 0.476 e. The highest BCUT2D eigenvalue weighted by Gasteiger charge is 2.31. The molecule has 3 amide bonds. The van der Waals surface area contributed by atoms with E-state index in [-0.39, 0.29) is 5.91 Å². The van der Waals surface area contributed by atoms with Gasteiger partial charge in [-0.3, -0.25) is 10.2 Å². The molecule has 0 aromatic heterocycles. The normalized spacial score (nSPS) is 10.8. The number of aryl methyl sites for hydroxylation is 1. The number of rotatable bonds is 11. The zero-order chi connectivity index (χ0) is 21.7. The molecule has 0 unspecified atom stereocenters. The van der Waals surface area contributed by atoms with Gasteiger partial charge in [0.15, 0.2) is 5.60 Å². The number of benzene rings is 1. The molecule has 162 valence electrons. The van der Waals surface area contributed by atoms with Crippen molar-refractivity contribution in [2.75, 3.05) is 13.2 Å². The van der Waals surface area contributed by atoms with Crippen LogP contribution in [0.2, 0.25) is 0 Å². The van der Waals surface area contributed by atoms with Crippen LogP contribution in [-0.4, -0.2) is 36.7 Å². The molecule has 0 aliphatic carbocycles. The lowest BCUT2D eigenvalue weighted by molar-refractivity contribution is -0.158. The SMILES string of the molecule is CCCNC(=O)NNC(=O)CCCCc1ccc(OC(C)(C)C(=O)OCC)cc1. The molecular formula is C21H33N3O5. The van der Waals surface area contributed by atoms with Crippen molar-refractivity contribution in [3.05, 3.63) is 29.8 Å². The molecule has 0 bridgehead atoms. The highest BCUT2D eigenvalue weighted by atomic mass is 16.6. The maximum absolute atomic E-state index is 11.9.